The second-order valence-electron chi connectivity index (χ2n) is 29.0. The smallest absolute Gasteiger partial charge is 0.00258 e. The molecule has 0 saturated heterocycles. The molecule has 128 heavy (non-hydrogen) atoms. The summed E-state index contributed by atoms with van der Waals surface area (Å²) in [5, 5.41) is 0. The van der Waals surface area contributed by atoms with Gasteiger partial charge in [-0.3, -0.25) is 0 Å². The fraction of sp³-hybridized carbons (Fsp3) is 0.391. The van der Waals surface area contributed by atoms with Gasteiger partial charge in [-0.15, -0.1) is 0 Å². The first kappa shape index (κ1) is 131. The molecule has 0 aromatic heterocycles. The summed E-state index contributed by atoms with van der Waals surface area (Å²) in [7, 11) is 0. The molecule has 0 unspecified atom stereocenters. The first-order valence-corrected chi connectivity index (χ1v) is 49.7. The van der Waals surface area contributed by atoms with Gasteiger partial charge in [0.05, 0.1) is 0 Å². The Kier molecular flexibility index (Phi) is 95.2. The van der Waals surface area contributed by atoms with E-state index in [0.29, 0.717) is 0 Å². The van der Waals surface area contributed by atoms with E-state index in [9.17, 15) is 0 Å². The summed E-state index contributed by atoms with van der Waals surface area (Å²) in [6.45, 7) is 82.3. The Morgan fingerprint density at radius 2 is 0.266 bits per heavy atom. The number of hydrogen-bond acceptors (Lipinski definition) is 0. The third-order valence-corrected chi connectivity index (χ3v) is 18.3. The Morgan fingerprint density at radius 1 is 0.125 bits per heavy atom. The molecule has 0 nitrogen and oxygen atoms in total. The van der Waals surface area contributed by atoms with Gasteiger partial charge in [0.25, 0.3) is 0 Å². The molecule has 0 N–H and O–H groups in total. The number of rotatable bonds is 14. The van der Waals surface area contributed by atoms with Crippen LogP contribution in [0.1, 0.15) is 324 Å². The zero-order valence-corrected chi connectivity index (χ0v) is 90.1. The molecule has 13 rings (SSSR count). The lowest BCUT2D eigenvalue weighted by molar-refractivity contribution is 0.921. The number of aryl methyl sites for hydroxylation is 22. The molecule has 0 radical (unpaired) electrons. The largest absolute Gasteiger partial charge is 0.0683 e. The molecular formula is C128H192. The molecule has 0 aliphatic carbocycles. The minimum absolute atomic E-state index is 1.03. The molecular weight excluding hydrogens is 1540 g/mol. The predicted octanol–water partition coefficient (Wildman–Crippen LogP) is 39.9. The molecule has 0 heteroatoms. The van der Waals surface area contributed by atoms with Crippen molar-refractivity contribution >= 4 is 0 Å². The van der Waals surface area contributed by atoms with E-state index in [1.807, 2.05) is 152 Å². The average molecular weight is 1730 g/mol. The quantitative estimate of drug-likeness (QED) is 0.102. The predicted molar refractivity (Wildman–Crippen MR) is 593 cm³/mol. The summed E-state index contributed by atoms with van der Waals surface area (Å²) < 4.78 is 0. The average Bonchev–Trinajstić information content (AvgIpc) is 0.875. The van der Waals surface area contributed by atoms with Crippen LogP contribution in [0.15, 0.2) is 315 Å². The summed E-state index contributed by atoms with van der Waals surface area (Å²) >= 11 is 0. The lowest BCUT2D eigenvalue weighted by Gasteiger charge is -2.03. The van der Waals surface area contributed by atoms with Gasteiger partial charge < -0.3 is 0 Å². The van der Waals surface area contributed by atoms with E-state index in [1.165, 1.54) is 157 Å². The van der Waals surface area contributed by atoms with Crippen LogP contribution in [0.25, 0.3) is 0 Å². The highest BCUT2D eigenvalue weighted by Gasteiger charge is 2.01. The molecule has 0 bridgehead atoms. The van der Waals surface area contributed by atoms with Crippen LogP contribution in [0.3, 0.4) is 0 Å². The fourth-order valence-electron chi connectivity index (χ4n) is 11.1. The van der Waals surface area contributed by atoms with Crippen LogP contribution in [0.2, 0.25) is 0 Å². The van der Waals surface area contributed by atoms with Gasteiger partial charge in [-0.2, -0.15) is 0 Å². The monoisotopic (exact) mass is 1730 g/mol. The van der Waals surface area contributed by atoms with Crippen molar-refractivity contribution < 1.29 is 0 Å². The Balaban J connectivity index is -0.000000253. The van der Waals surface area contributed by atoms with Gasteiger partial charge in [-0.25, -0.2) is 0 Å². The van der Waals surface area contributed by atoms with Gasteiger partial charge >= 0.3 is 0 Å². The van der Waals surface area contributed by atoms with Crippen molar-refractivity contribution in [2.75, 3.05) is 0 Å². The zero-order valence-electron chi connectivity index (χ0n) is 90.1. The van der Waals surface area contributed by atoms with Gasteiger partial charge in [0, 0.05) is 0 Å². The van der Waals surface area contributed by atoms with E-state index in [-0.39, 0.29) is 0 Å². The second kappa shape index (κ2) is 93.0. The van der Waals surface area contributed by atoms with Crippen LogP contribution < -0.4 is 0 Å². The molecule has 0 aliphatic rings. The lowest BCUT2D eigenvalue weighted by atomic mass is 10.0. The topological polar surface area (TPSA) is 0 Å². The normalized spacial score (nSPS) is 8.78. The van der Waals surface area contributed by atoms with Crippen molar-refractivity contribution in [2.45, 2.75) is 341 Å². The number of hydrogen-bond donors (Lipinski definition) is 0. The van der Waals surface area contributed by atoms with Gasteiger partial charge in [0.2, 0.25) is 0 Å². The number of benzene rings is 13. The lowest BCUT2D eigenvalue weighted by Crippen LogP contribution is -1.91. The third-order valence-electron chi connectivity index (χ3n) is 18.3. The van der Waals surface area contributed by atoms with Crippen molar-refractivity contribution in [3.05, 3.63) is 460 Å². The summed E-state index contributed by atoms with van der Waals surface area (Å²) in [6, 6.07) is 113. The molecule has 0 amide bonds. The molecule has 704 valence electrons. The van der Waals surface area contributed by atoms with E-state index in [0.717, 1.165) is 51.4 Å². The summed E-state index contributed by atoms with van der Waals surface area (Å²) in [5.41, 5.74) is 35.5. The SMILES string of the molecule is CC.CC.CC.CC.CC.CC.CC.CC.CC.CC.CC.CCCc1ccc(C)cc1.CCc1ccc(C)cc1.CCc1cccc(C)c1.Cc1ccc(C)cc1.Cc1ccc(CCc2ccc(C)cc2)cc1.Cc1ccc(CCc2ccc(C)cc2)cc1.Cc1ccc(Cc2ccc(C)cc2)cc1.Cc1ccc(Cc2ccc(C)cc2)cc1.Cc1cccc(C)c1. The van der Waals surface area contributed by atoms with Crippen molar-refractivity contribution in [1.29, 1.82) is 0 Å². The Bertz CT molecular complexity index is 4000. The Hall–Kier alpha value is -10.1. The van der Waals surface area contributed by atoms with Crippen molar-refractivity contribution in [3.8, 4) is 0 Å². The molecule has 13 aromatic carbocycles. The van der Waals surface area contributed by atoms with Crippen LogP contribution in [0, 0.1) is 104 Å². The molecule has 13 aromatic rings. The van der Waals surface area contributed by atoms with Crippen molar-refractivity contribution in [1.82, 2.24) is 0 Å². The highest BCUT2D eigenvalue weighted by Crippen LogP contribution is 2.17. The molecule has 0 spiro atoms. The fourth-order valence-corrected chi connectivity index (χ4v) is 11.1. The van der Waals surface area contributed by atoms with Gasteiger partial charge in [-0.1, -0.05) is 578 Å². The summed E-state index contributed by atoms with van der Waals surface area (Å²) in [6.07, 6.45) is 11.3. The van der Waals surface area contributed by atoms with Crippen molar-refractivity contribution in [3.63, 3.8) is 0 Å². The Morgan fingerprint density at radius 3 is 0.406 bits per heavy atom. The highest BCUT2D eigenvalue weighted by molar-refractivity contribution is 5.34. The van der Waals surface area contributed by atoms with Crippen LogP contribution in [-0.2, 0) is 57.8 Å². The van der Waals surface area contributed by atoms with Crippen LogP contribution in [0.4, 0.5) is 0 Å². The first-order chi connectivity index (χ1) is 62.0. The molecule has 0 fully saturated rings. The molecule has 0 atom stereocenters. The van der Waals surface area contributed by atoms with Gasteiger partial charge in [0.15, 0.2) is 0 Å². The molecule has 0 heterocycles. The Labute approximate surface area is 795 Å². The van der Waals surface area contributed by atoms with Gasteiger partial charge in [-0.05, 0) is 223 Å². The van der Waals surface area contributed by atoms with E-state index < -0.39 is 0 Å². The van der Waals surface area contributed by atoms with E-state index >= 15 is 0 Å². The minimum Gasteiger partial charge on any atom is -0.0683 e. The van der Waals surface area contributed by atoms with Crippen LogP contribution in [-0.4, -0.2) is 0 Å². The molecule has 0 saturated carbocycles. The second-order valence-corrected chi connectivity index (χ2v) is 29.0. The maximum absolute atomic E-state index is 2.23. The summed E-state index contributed by atoms with van der Waals surface area (Å²) in [5.74, 6) is 0. The maximum Gasteiger partial charge on any atom is -0.00258 e. The molecule has 0 aliphatic heterocycles. The first-order valence-electron chi connectivity index (χ1n) is 49.7. The maximum atomic E-state index is 2.23. The van der Waals surface area contributed by atoms with Gasteiger partial charge in [0.1, 0.15) is 0 Å². The van der Waals surface area contributed by atoms with Crippen LogP contribution >= 0.6 is 0 Å². The summed E-state index contributed by atoms with van der Waals surface area (Å²) in [4.78, 5) is 0. The van der Waals surface area contributed by atoms with Crippen LogP contribution in [0.5, 0.6) is 0 Å². The van der Waals surface area contributed by atoms with E-state index in [2.05, 4.69) is 440 Å². The highest BCUT2D eigenvalue weighted by atomic mass is 14.1. The standard InChI is InChI=1S/2C16H18.2C15H16.C10H14.2C9H12.2C8H10.11C2H6/c2*1-13-3-7-15(8-4-13)11-12-16-9-5-14(2)6-10-16;2*1-12-3-7-14(8-4-12)11-15-9-5-13(2)6-10-15;1-3-4-10-7-5-9(2)6-8-10;1-3-9-6-4-8(2)5-7-9;1-3-9-6-4-5-8(2)7-9;1-7-3-5-8(2)6-4-7;1-7-4-3-5-8(2)6-7;11*1-2/h2*3-10H,11-12H2,1-2H3;2*3-10H,11H2,1-2H3;5-8H,3-4H2,1-2H3;2*4-7H,3H2,1-2H3;2*3-6H,1-2H3;11*1-2H3. The van der Waals surface area contributed by atoms with E-state index in [4.69, 9.17) is 0 Å². The third kappa shape index (κ3) is 72.8. The van der Waals surface area contributed by atoms with Crippen molar-refractivity contribution in [2.24, 2.45) is 0 Å². The van der Waals surface area contributed by atoms with E-state index in [1.54, 1.807) is 0 Å². The zero-order chi connectivity index (χ0) is 98.9. The minimum atomic E-state index is 1.03.